The maximum absolute atomic E-state index is 5.40. The molecule has 0 atom stereocenters. The Hall–Kier alpha value is -2.01. The Morgan fingerprint density at radius 3 is 2.62 bits per heavy atom. The summed E-state index contributed by atoms with van der Waals surface area (Å²) in [6.07, 6.45) is 4.45. The second kappa shape index (κ2) is 5.77. The summed E-state index contributed by atoms with van der Waals surface area (Å²) in [6, 6.07) is 4.68. The van der Waals surface area contributed by atoms with E-state index in [-0.39, 0.29) is 0 Å². The lowest BCUT2D eigenvalue weighted by Gasteiger charge is -2.13. The lowest BCUT2D eigenvalue weighted by Crippen LogP contribution is -2.15. The fourth-order valence-corrected chi connectivity index (χ4v) is 2.47. The van der Waals surface area contributed by atoms with Crippen molar-refractivity contribution < 1.29 is 9.47 Å². The van der Waals surface area contributed by atoms with Gasteiger partial charge in [-0.15, -0.1) is 0 Å². The Morgan fingerprint density at radius 1 is 1.24 bits per heavy atom. The second-order valence-electron chi connectivity index (χ2n) is 5.45. The first kappa shape index (κ1) is 13.9. The zero-order valence-corrected chi connectivity index (χ0v) is 12.7. The van der Waals surface area contributed by atoms with Crippen molar-refractivity contribution in [3.05, 3.63) is 29.5 Å². The molecule has 0 bridgehead atoms. The summed E-state index contributed by atoms with van der Waals surface area (Å²) in [6.45, 7) is 2.90. The van der Waals surface area contributed by atoms with Crippen LogP contribution in [0.3, 0.4) is 0 Å². The van der Waals surface area contributed by atoms with Gasteiger partial charge in [-0.2, -0.15) is 5.10 Å². The minimum absolute atomic E-state index is 0.680. The number of methoxy groups -OCH3 is 2. The highest BCUT2D eigenvalue weighted by Crippen LogP contribution is 2.35. The van der Waals surface area contributed by atoms with Crippen molar-refractivity contribution in [2.45, 2.75) is 32.4 Å². The molecule has 5 nitrogen and oxygen atoms in total. The van der Waals surface area contributed by atoms with Crippen molar-refractivity contribution >= 4 is 0 Å². The molecule has 0 aliphatic heterocycles. The van der Waals surface area contributed by atoms with Crippen LogP contribution in [-0.2, 0) is 6.54 Å². The van der Waals surface area contributed by atoms with Gasteiger partial charge in [-0.05, 0) is 37.5 Å². The molecule has 0 spiro atoms. The topological polar surface area (TPSA) is 59.2 Å². The van der Waals surface area contributed by atoms with Crippen molar-refractivity contribution in [1.29, 1.82) is 0 Å². The van der Waals surface area contributed by atoms with E-state index >= 15 is 0 Å². The molecule has 0 unspecified atom stereocenters. The van der Waals surface area contributed by atoms with Crippen LogP contribution in [0, 0.1) is 6.92 Å². The third-order valence-corrected chi connectivity index (χ3v) is 3.88. The van der Waals surface area contributed by atoms with Crippen molar-refractivity contribution in [3.63, 3.8) is 0 Å². The van der Waals surface area contributed by atoms with Gasteiger partial charge < -0.3 is 14.8 Å². The minimum atomic E-state index is 0.680. The summed E-state index contributed by atoms with van der Waals surface area (Å²) in [4.78, 5) is 0. The molecule has 112 valence electrons. The Kier molecular flexibility index (Phi) is 3.84. The summed E-state index contributed by atoms with van der Waals surface area (Å²) in [5, 5.41) is 10.8. The molecule has 1 aliphatic rings. The van der Waals surface area contributed by atoms with Gasteiger partial charge in [-0.25, -0.2) is 0 Å². The number of rotatable bonds is 6. The first-order chi connectivity index (χ1) is 10.2. The molecule has 1 heterocycles. The minimum Gasteiger partial charge on any atom is -0.493 e. The van der Waals surface area contributed by atoms with Crippen LogP contribution in [0.25, 0.3) is 11.3 Å². The number of hydrogen-bond donors (Lipinski definition) is 2. The van der Waals surface area contributed by atoms with E-state index in [4.69, 9.17) is 9.47 Å². The van der Waals surface area contributed by atoms with Gasteiger partial charge in [-0.3, -0.25) is 5.10 Å². The molecule has 1 saturated carbocycles. The fourth-order valence-electron chi connectivity index (χ4n) is 2.47. The lowest BCUT2D eigenvalue weighted by atomic mass is 10.0. The van der Waals surface area contributed by atoms with Crippen molar-refractivity contribution in [3.8, 4) is 22.8 Å². The summed E-state index contributed by atoms with van der Waals surface area (Å²) < 4.78 is 10.7. The van der Waals surface area contributed by atoms with E-state index in [1.807, 2.05) is 18.3 Å². The van der Waals surface area contributed by atoms with Gasteiger partial charge in [0.05, 0.1) is 26.1 Å². The number of nitrogens with one attached hydrogen (secondary N) is 2. The van der Waals surface area contributed by atoms with Crippen LogP contribution in [-0.4, -0.2) is 30.5 Å². The van der Waals surface area contributed by atoms with E-state index in [9.17, 15) is 0 Å². The van der Waals surface area contributed by atoms with Gasteiger partial charge in [0.2, 0.25) is 0 Å². The maximum Gasteiger partial charge on any atom is 0.161 e. The monoisotopic (exact) mass is 287 g/mol. The third-order valence-electron chi connectivity index (χ3n) is 3.88. The molecule has 3 rings (SSSR count). The third kappa shape index (κ3) is 2.88. The van der Waals surface area contributed by atoms with Crippen LogP contribution in [0.1, 0.15) is 24.0 Å². The maximum atomic E-state index is 5.40. The van der Waals surface area contributed by atoms with E-state index in [1.54, 1.807) is 14.2 Å². The summed E-state index contributed by atoms with van der Waals surface area (Å²) in [5.41, 5.74) is 4.45. The highest BCUT2D eigenvalue weighted by molar-refractivity contribution is 5.70. The number of aromatic nitrogens is 2. The van der Waals surface area contributed by atoms with E-state index < -0.39 is 0 Å². The van der Waals surface area contributed by atoms with Crippen molar-refractivity contribution in [1.82, 2.24) is 15.5 Å². The van der Waals surface area contributed by atoms with Crippen LogP contribution >= 0.6 is 0 Å². The van der Waals surface area contributed by atoms with Crippen LogP contribution in [0.2, 0.25) is 0 Å². The molecule has 0 saturated heterocycles. The van der Waals surface area contributed by atoms with Gasteiger partial charge in [0, 0.05) is 23.7 Å². The zero-order chi connectivity index (χ0) is 14.8. The van der Waals surface area contributed by atoms with Crippen LogP contribution in [0.15, 0.2) is 18.3 Å². The zero-order valence-electron chi connectivity index (χ0n) is 12.7. The molecule has 2 aromatic rings. The van der Waals surface area contributed by atoms with Gasteiger partial charge >= 0.3 is 0 Å². The molecular weight excluding hydrogens is 266 g/mol. The quantitative estimate of drug-likeness (QED) is 0.857. The largest absolute Gasteiger partial charge is 0.493 e. The van der Waals surface area contributed by atoms with E-state index in [1.165, 1.54) is 18.4 Å². The van der Waals surface area contributed by atoms with E-state index in [0.29, 0.717) is 6.04 Å². The standard InChI is InChI=1S/C16H21N3O2/c1-10-6-14(20-2)15(21-3)7-13(10)16-11(9-18-19-16)8-17-12-4-5-12/h6-7,9,12,17H,4-5,8H2,1-3H3,(H,18,19). The molecule has 21 heavy (non-hydrogen) atoms. The molecule has 0 radical (unpaired) electrons. The lowest BCUT2D eigenvalue weighted by molar-refractivity contribution is 0.355. The second-order valence-corrected chi connectivity index (χ2v) is 5.45. The first-order valence-corrected chi connectivity index (χ1v) is 7.21. The molecule has 0 amide bonds. The Balaban J connectivity index is 1.93. The van der Waals surface area contributed by atoms with Gasteiger partial charge in [0.25, 0.3) is 0 Å². The first-order valence-electron chi connectivity index (χ1n) is 7.21. The summed E-state index contributed by atoms with van der Waals surface area (Å²) in [7, 11) is 3.30. The SMILES string of the molecule is COc1cc(C)c(-c2[nH]ncc2CNC2CC2)cc1OC. The molecule has 2 N–H and O–H groups in total. The Bertz CT molecular complexity index is 632. The molecule has 1 aromatic heterocycles. The van der Waals surface area contributed by atoms with Crippen LogP contribution in [0.4, 0.5) is 0 Å². The summed E-state index contributed by atoms with van der Waals surface area (Å²) in [5.74, 6) is 1.48. The Labute approximate surface area is 124 Å². The van der Waals surface area contributed by atoms with Crippen molar-refractivity contribution in [2.24, 2.45) is 0 Å². The number of ether oxygens (including phenoxy) is 2. The van der Waals surface area contributed by atoms with E-state index in [2.05, 4.69) is 22.4 Å². The fraction of sp³-hybridized carbons (Fsp3) is 0.438. The molecule has 1 aliphatic carbocycles. The predicted molar refractivity (Wildman–Crippen MR) is 81.7 cm³/mol. The average molecular weight is 287 g/mol. The van der Waals surface area contributed by atoms with Crippen molar-refractivity contribution in [2.75, 3.05) is 14.2 Å². The number of benzene rings is 1. The average Bonchev–Trinajstić information content (AvgIpc) is 3.22. The number of nitrogens with zero attached hydrogens (tertiary/aromatic N) is 1. The number of H-pyrrole nitrogens is 1. The van der Waals surface area contributed by atoms with Gasteiger partial charge in [-0.1, -0.05) is 0 Å². The highest BCUT2D eigenvalue weighted by atomic mass is 16.5. The molecule has 1 aromatic carbocycles. The predicted octanol–water partition coefficient (Wildman–Crippen LogP) is 2.65. The smallest absolute Gasteiger partial charge is 0.161 e. The van der Waals surface area contributed by atoms with Gasteiger partial charge in [0.15, 0.2) is 11.5 Å². The molecular formula is C16H21N3O2. The Morgan fingerprint density at radius 2 is 1.95 bits per heavy atom. The molecule has 1 fully saturated rings. The molecule has 5 heteroatoms. The number of aryl methyl sites for hydroxylation is 1. The van der Waals surface area contributed by atoms with Gasteiger partial charge in [0.1, 0.15) is 0 Å². The van der Waals surface area contributed by atoms with Crippen LogP contribution < -0.4 is 14.8 Å². The normalized spacial score (nSPS) is 14.2. The number of hydrogen-bond acceptors (Lipinski definition) is 4. The number of aromatic amines is 1. The van der Waals surface area contributed by atoms with Crippen LogP contribution in [0.5, 0.6) is 11.5 Å². The highest BCUT2D eigenvalue weighted by Gasteiger charge is 2.21. The van der Waals surface area contributed by atoms with E-state index in [0.717, 1.165) is 34.9 Å². The summed E-state index contributed by atoms with van der Waals surface area (Å²) >= 11 is 0.